The zero-order chi connectivity index (χ0) is 22.1. The summed E-state index contributed by atoms with van der Waals surface area (Å²) in [6.45, 7) is 0. The van der Waals surface area contributed by atoms with E-state index in [9.17, 15) is 0 Å². The second-order valence-electron chi connectivity index (χ2n) is 9.35. The maximum Gasteiger partial charge on any atom is 0.177 e. The molecule has 0 spiro atoms. The fraction of sp³-hybridized carbons (Fsp3) is 0.320. The van der Waals surface area contributed by atoms with E-state index in [0.29, 0.717) is 29.5 Å². The van der Waals surface area contributed by atoms with Crippen LogP contribution in [0.5, 0.6) is 0 Å². The van der Waals surface area contributed by atoms with Gasteiger partial charge in [-0.2, -0.15) is 9.47 Å². The van der Waals surface area contributed by atoms with E-state index in [4.69, 9.17) is 15.2 Å². The minimum absolute atomic E-state index is 0.399. The van der Waals surface area contributed by atoms with E-state index < -0.39 is 0 Å². The van der Waals surface area contributed by atoms with Gasteiger partial charge in [0, 0.05) is 58.1 Å². The fourth-order valence-electron chi connectivity index (χ4n) is 5.77. The van der Waals surface area contributed by atoms with Crippen LogP contribution >= 0.6 is 11.5 Å². The average Bonchev–Trinajstić information content (AvgIpc) is 3.60. The monoisotopic (exact) mass is 456 g/mol. The Morgan fingerprint density at radius 2 is 1.91 bits per heavy atom. The lowest BCUT2D eigenvalue weighted by molar-refractivity contribution is 0.131. The molecule has 7 rings (SSSR count). The van der Waals surface area contributed by atoms with Crippen molar-refractivity contribution in [3.8, 4) is 22.5 Å². The molecular weight excluding hydrogens is 432 g/mol. The van der Waals surface area contributed by atoms with E-state index in [2.05, 4.69) is 50.4 Å². The average molecular weight is 457 g/mol. The highest BCUT2D eigenvalue weighted by Gasteiger charge is 2.39. The molecule has 2 saturated heterocycles. The number of piperidine rings is 1. The number of hydrogen-bond acceptors (Lipinski definition) is 7. The van der Waals surface area contributed by atoms with Crippen LogP contribution in [0, 0.1) is 0 Å². The van der Waals surface area contributed by atoms with Crippen molar-refractivity contribution in [1.82, 2.24) is 24.0 Å². The molecule has 0 unspecified atom stereocenters. The molecule has 1 aromatic carbocycles. The highest BCUT2D eigenvalue weighted by molar-refractivity contribution is 7.13. The molecule has 2 N–H and O–H groups in total. The van der Waals surface area contributed by atoms with E-state index in [1.807, 2.05) is 24.7 Å². The largest absolute Gasteiger partial charge is 0.452 e. The predicted octanol–water partition coefficient (Wildman–Crippen LogP) is 5.35. The van der Waals surface area contributed by atoms with Crippen LogP contribution < -0.4 is 5.73 Å². The molecule has 5 aromatic rings. The van der Waals surface area contributed by atoms with Gasteiger partial charge in [-0.1, -0.05) is 12.1 Å². The molecule has 166 valence electrons. The molecule has 3 atom stereocenters. The highest BCUT2D eigenvalue weighted by Crippen LogP contribution is 2.42. The van der Waals surface area contributed by atoms with Crippen molar-refractivity contribution >= 4 is 38.4 Å². The third kappa shape index (κ3) is 2.94. The summed E-state index contributed by atoms with van der Waals surface area (Å²) in [5, 5.41) is 6.84. The van der Waals surface area contributed by atoms with Gasteiger partial charge in [-0.3, -0.25) is 4.68 Å². The first-order valence-corrected chi connectivity index (χ1v) is 12.2. The summed E-state index contributed by atoms with van der Waals surface area (Å²) in [6, 6.07) is 10.0. The van der Waals surface area contributed by atoms with Gasteiger partial charge in [0.15, 0.2) is 11.4 Å². The van der Waals surface area contributed by atoms with Crippen molar-refractivity contribution in [2.45, 2.75) is 43.8 Å². The number of benzene rings is 1. The lowest BCUT2D eigenvalue weighted by Gasteiger charge is -2.36. The SMILES string of the molecule is CN1[C@@H]2CC[C@H]1C[C@H](n1cc(-c3cnc(N)c4oc(-c5cccc6cnsc56)cc34)cn1)C2. The van der Waals surface area contributed by atoms with Crippen LogP contribution in [0.1, 0.15) is 31.7 Å². The Balaban J connectivity index is 1.30. The first kappa shape index (κ1) is 19.3. The van der Waals surface area contributed by atoms with Crippen molar-refractivity contribution < 1.29 is 4.42 Å². The Hall–Kier alpha value is -3.23. The maximum absolute atomic E-state index is 6.25. The van der Waals surface area contributed by atoms with Crippen molar-refractivity contribution in [3.05, 3.63) is 49.1 Å². The second kappa shape index (κ2) is 7.13. The normalized spacial score (nSPS) is 23.1. The highest BCUT2D eigenvalue weighted by atomic mass is 32.1. The van der Waals surface area contributed by atoms with E-state index in [-0.39, 0.29) is 0 Å². The first-order chi connectivity index (χ1) is 16.2. The van der Waals surface area contributed by atoms with Crippen molar-refractivity contribution in [2.24, 2.45) is 0 Å². The lowest BCUT2D eigenvalue weighted by Crippen LogP contribution is -2.40. The summed E-state index contributed by atoms with van der Waals surface area (Å²) >= 11 is 1.47. The Morgan fingerprint density at radius 3 is 2.76 bits per heavy atom. The van der Waals surface area contributed by atoms with Gasteiger partial charge in [0.2, 0.25) is 0 Å². The number of nitrogens with zero attached hydrogens (tertiary/aromatic N) is 5. The van der Waals surface area contributed by atoms with Gasteiger partial charge in [0.25, 0.3) is 0 Å². The molecule has 4 aromatic heterocycles. The van der Waals surface area contributed by atoms with E-state index in [1.165, 1.54) is 24.4 Å². The molecule has 0 aliphatic carbocycles. The Kier molecular flexibility index (Phi) is 4.16. The predicted molar refractivity (Wildman–Crippen MR) is 131 cm³/mol. The second-order valence-corrected chi connectivity index (χ2v) is 10.1. The number of furan rings is 1. The van der Waals surface area contributed by atoms with Crippen molar-refractivity contribution in [3.63, 3.8) is 0 Å². The summed E-state index contributed by atoms with van der Waals surface area (Å²) in [5.74, 6) is 1.18. The topological polar surface area (TPSA) is 86.0 Å². The first-order valence-electron chi connectivity index (χ1n) is 11.4. The smallest absolute Gasteiger partial charge is 0.177 e. The fourth-order valence-corrected chi connectivity index (χ4v) is 6.54. The van der Waals surface area contributed by atoms with Crippen molar-refractivity contribution in [1.29, 1.82) is 0 Å². The Labute approximate surface area is 195 Å². The van der Waals surface area contributed by atoms with E-state index in [1.54, 1.807) is 0 Å². The maximum atomic E-state index is 6.25. The number of aromatic nitrogens is 4. The van der Waals surface area contributed by atoms with Gasteiger partial charge in [0.1, 0.15) is 5.76 Å². The Bertz CT molecular complexity index is 1490. The minimum atomic E-state index is 0.399. The van der Waals surface area contributed by atoms with Gasteiger partial charge in [-0.25, -0.2) is 4.98 Å². The molecule has 2 fully saturated rings. The molecule has 2 bridgehead atoms. The summed E-state index contributed by atoms with van der Waals surface area (Å²) in [5.41, 5.74) is 9.90. The standard InChI is InChI=1S/C25H24N6OS/c1-30-16-5-6-17(30)8-18(7-16)31-13-15(10-28-31)21-12-27-25(26)23-20(21)9-22(32-23)19-4-2-3-14-11-29-33-24(14)19/h2-4,9-13,16-18H,5-8H2,1H3,(H2,26,27)/t16-,17+,18-. The molecule has 0 radical (unpaired) electrons. The van der Waals surface area contributed by atoms with Crippen LogP contribution in [0.2, 0.25) is 0 Å². The number of nitrogens with two attached hydrogens (primary N) is 1. The van der Waals surface area contributed by atoms with Crippen LogP contribution in [0.15, 0.2) is 53.5 Å². The molecule has 0 amide bonds. The van der Waals surface area contributed by atoms with Crippen LogP contribution in [0.4, 0.5) is 5.82 Å². The molecule has 7 nitrogen and oxygen atoms in total. The van der Waals surface area contributed by atoms with Gasteiger partial charge < -0.3 is 15.1 Å². The molecular formula is C25H24N6OS. The number of anilines is 1. The van der Waals surface area contributed by atoms with E-state index >= 15 is 0 Å². The number of rotatable bonds is 3. The molecule has 8 heteroatoms. The molecule has 2 aliphatic rings. The molecule has 2 aliphatic heterocycles. The zero-order valence-corrected chi connectivity index (χ0v) is 19.1. The number of pyridine rings is 1. The van der Waals surface area contributed by atoms with Crippen LogP contribution in [-0.4, -0.2) is 43.2 Å². The van der Waals surface area contributed by atoms with Gasteiger partial charge in [-0.05, 0) is 56.4 Å². The summed E-state index contributed by atoms with van der Waals surface area (Å²) in [6.07, 6.45) is 12.8. The molecule has 33 heavy (non-hydrogen) atoms. The van der Waals surface area contributed by atoms with E-state index in [0.717, 1.165) is 50.8 Å². The van der Waals surface area contributed by atoms with Crippen LogP contribution in [0.3, 0.4) is 0 Å². The third-order valence-corrected chi connectivity index (χ3v) is 8.44. The third-order valence-electron chi connectivity index (χ3n) is 7.59. The molecule has 0 saturated carbocycles. The zero-order valence-electron chi connectivity index (χ0n) is 18.3. The minimum Gasteiger partial charge on any atom is -0.452 e. The van der Waals surface area contributed by atoms with Gasteiger partial charge in [-0.15, -0.1) is 0 Å². The Morgan fingerprint density at radius 1 is 1.06 bits per heavy atom. The van der Waals surface area contributed by atoms with Crippen molar-refractivity contribution in [2.75, 3.05) is 12.8 Å². The lowest BCUT2D eigenvalue weighted by atomic mass is 9.98. The summed E-state index contributed by atoms with van der Waals surface area (Å²) in [4.78, 5) is 7.00. The summed E-state index contributed by atoms with van der Waals surface area (Å²) < 4.78 is 13.9. The summed E-state index contributed by atoms with van der Waals surface area (Å²) in [7, 11) is 2.27. The number of nitrogen functional groups attached to an aromatic ring is 1. The van der Waals surface area contributed by atoms with Gasteiger partial charge in [0.05, 0.1) is 16.9 Å². The number of hydrogen-bond donors (Lipinski definition) is 1. The van der Waals surface area contributed by atoms with Gasteiger partial charge >= 0.3 is 0 Å². The van der Waals surface area contributed by atoms with Crippen LogP contribution in [0.25, 0.3) is 43.5 Å². The quantitative estimate of drug-likeness (QED) is 0.394. The van der Waals surface area contributed by atoms with Crippen LogP contribution in [-0.2, 0) is 0 Å². The molecule has 6 heterocycles. The number of fused-ring (bicyclic) bond motifs is 4.